The zero-order chi connectivity index (χ0) is 12.7. The number of ether oxygens (including phenoxy) is 1. The Morgan fingerprint density at radius 2 is 2.29 bits per heavy atom. The van der Waals surface area contributed by atoms with Gasteiger partial charge in [-0.3, -0.25) is 0 Å². The maximum absolute atomic E-state index is 6.08. The van der Waals surface area contributed by atoms with Gasteiger partial charge in [0.15, 0.2) is 5.82 Å². The van der Waals surface area contributed by atoms with Gasteiger partial charge in [0.25, 0.3) is 0 Å². The molecule has 96 valence electrons. The Kier molecular flexibility index (Phi) is 6.00. The van der Waals surface area contributed by atoms with Gasteiger partial charge < -0.3 is 15.0 Å². The molecule has 0 aliphatic heterocycles. The van der Waals surface area contributed by atoms with E-state index in [1.807, 2.05) is 18.9 Å². The van der Waals surface area contributed by atoms with Crippen LogP contribution in [0.3, 0.4) is 0 Å². The van der Waals surface area contributed by atoms with Crippen LogP contribution in [0.15, 0.2) is 6.20 Å². The highest BCUT2D eigenvalue weighted by molar-refractivity contribution is 6.32. The van der Waals surface area contributed by atoms with Crippen molar-refractivity contribution in [3.8, 4) is 0 Å². The minimum atomic E-state index is 0.562. The fourth-order valence-corrected chi connectivity index (χ4v) is 1.66. The van der Waals surface area contributed by atoms with Gasteiger partial charge in [0, 0.05) is 33.9 Å². The fraction of sp³-hybridized carbons (Fsp3) is 0.636. The highest BCUT2D eigenvalue weighted by Crippen LogP contribution is 2.22. The number of anilines is 2. The van der Waals surface area contributed by atoms with Crippen molar-refractivity contribution in [1.29, 1.82) is 0 Å². The number of hydrogen-bond donors (Lipinski definition) is 1. The second-order valence-electron chi connectivity index (χ2n) is 3.66. The summed E-state index contributed by atoms with van der Waals surface area (Å²) in [6, 6.07) is 0. The second kappa shape index (κ2) is 7.29. The van der Waals surface area contributed by atoms with Crippen molar-refractivity contribution >= 4 is 23.4 Å². The van der Waals surface area contributed by atoms with Crippen LogP contribution >= 0.6 is 11.6 Å². The van der Waals surface area contributed by atoms with Crippen molar-refractivity contribution in [2.75, 3.05) is 44.1 Å². The molecule has 0 amide bonds. The van der Waals surface area contributed by atoms with E-state index in [1.54, 1.807) is 13.3 Å². The van der Waals surface area contributed by atoms with Crippen molar-refractivity contribution in [3.05, 3.63) is 11.2 Å². The highest BCUT2D eigenvalue weighted by Gasteiger charge is 2.09. The molecule has 0 fully saturated rings. The van der Waals surface area contributed by atoms with Gasteiger partial charge in [0.2, 0.25) is 5.95 Å². The van der Waals surface area contributed by atoms with E-state index in [0.717, 1.165) is 31.9 Å². The number of nitrogens with zero attached hydrogens (tertiary/aromatic N) is 3. The first-order chi connectivity index (χ1) is 8.19. The predicted molar refractivity (Wildman–Crippen MR) is 71.0 cm³/mol. The predicted octanol–water partition coefficient (Wildman–Crippen LogP) is 2.03. The zero-order valence-electron chi connectivity index (χ0n) is 10.5. The second-order valence-corrected chi connectivity index (χ2v) is 4.07. The van der Waals surface area contributed by atoms with Crippen LogP contribution in [0.4, 0.5) is 11.8 Å². The molecule has 0 aliphatic rings. The van der Waals surface area contributed by atoms with E-state index in [-0.39, 0.29) is 0 Å². The molecule has 1 N–H and O–H groups in total. The summed E-state index contributed by atoms with van der Waals surface area (Å²) in [6.07, 6.45) is 2.55. The van der Waals surface area contributed by atoms with Gasteiger partial charge in [0.1, 0.15) is 5.02 Å². The average Bonchev–Trinajstić information content (AvgIpc) is 2.32. The van der Waals surface area contributed by atoms with Crippen LogP contribution < -0.4 is 10.2 Å². The van der Waals surface area contributed by atoms with Crippen molar-refractivity contribution in [3.63, 3.8) is 0 Å². The Labute approximate surface area is 107 Å². The monoisotopic (exact) mass is 258 g/mol. The van der Waals surface area contributed by atoms with Crippen molar-refractivity contribution in [1.82, 2.24) is 9.97 Å². The number of methoxy groups -OCH3 is 1. The summed E-state index contributed by atoms with van der Waals surface area (Å²) in [4.78, 5) is 10.5. The molecule has 0 radical (unpaired) electrons. The average molecular weight is 259 g/mol. The van der Waals surface area contributed by atoms with Gasteiger partial charge in [-0.2, -0.15) is 4.98 Å². The number of aromatic nitrogens is 2. The van der Waals surface area contributed by atoms with E-state index in [1.165, 1.54) is 0 Å². The summed E-state index contributed by atoms with van der Waals surface area (Å²) in [5, 5.41) is 3.63. The molecule has 0 atom stereocenters. The van der Waals surface area contributed by atoms with Gasteiger partial charge in [0.05, 0.1) is 6.20 Å². The molecule has 6 heteroatoms. The Balaban J connectivity index is 2.69. The van der Waals surface area contributed by atoms with Crippen LogP contribution in [0.1, 0.15) is 13.3 Å². The van der Waals surface area contributed by atoms with E-state index in [9.17, 15) is 0 Å². The SMILES string of the molecule is CCNc1ncc(Cl)c(N(C)CCCOC)n1. The maximum atomic E-state index is 6.08. The Hall–Kier alpha value is -1.07. The van der Waals surface area contributed by atoms with E-state index < -0.39 is 0 Å². The van der Waals surface area contributed by atoms with E-state index in [0.29, 0.717) is 11.0 Å². The summed E-state index contributed by atoms with van der Waals surface area (Å²) in [5.41, 5.74) is 0. The first-order valence-electron chi connectivity index (χ1n) is 5.65. The molecule has 0 bridgehead atoms. The molecule has 0 unspecified atom stereocenters. The number of rotatable bonds is 7. The lowest BCUT2D eigenvalue weighted by Crippen LogP contribution is -2.22. The van der Waals surface area contributed by atoms with Gasteiger partial charge in [-0.05, 0) is 13.3 Å². The molecule has 0 aromatic carbocycles. The molecule has 1 aromatic rings. The molecule has 1 heterocycles. The van der Waals surface area contributed by atoms with E-state index in [2.05, 4.69) is 15.3 Å². The van der Waals surface area contributed by atoms with Crippen LogP contribution in [-0.4, -0.2) is 43.8 Å². The van der Waals surface area contributed by atoms with Gasteiger partial charge in [-0.25, -0.2) is 4.98 Å². The molecule has 0 saturated carbocycles. The molecule has 17 heavy (non-hydrogen) atoms. The number of nitrogens with one attached hydrogen (secondary N) is 1. The summed E-state index contributed by atoms with van der Waals surface area (Å²) in [6.45, 7) is 4.36. The molecule has 0 aliphatic carbocycles. The standard InChI is InChI=1S/C11H19ClN4O/c1-4-13-11-14-8-9(12)10(15-11)16(2)6-5-7-17-3/h8H,4-7H2,1-3H3,(H,13,14,15). The maximum Gasteiger partial charge on any atom is 0.224 e. The highest BCUT2D eigenvalue weighted by atomic mass is 35.5. The fourth-order valence-electron chi connectivity index (χ4n) is 1.42. The van der Waals surface area contributed by atoms with Crippen LogP contribution in [0.2, 0.25) is 5.02 Å². The third-order valence-electron chi connectivity index (χ3n) is 2.26. The van der Waals surface area contributed by atoms with Gasteiger partial charge in [-0.1, -0.05) is 11.6 Å². The van der Waals surface area contributed by atoms with Crippen LogP contribution in [0.5, 0.6) is 0 Å². The molecule has 5 nitrogen and oxygen atoms in total. The molecule has 1 rings (SSSR count). The minimum absolute atomic E-state index is 0.562. The molecule has 1 aromatic heterocycles. The van der Waals surface area contributed by atoms with Crippen molar-refractivity contribution in [2.24, 2.45) is 0 Å². The van der Waals surface area contributed by atoms with Crippen molar-refractivity contribution < 1.29 is 4.74 Å². The summed E-state index contributed by atoms with van der Waals surface area (Å²) in [5.74, 6) is 1.35. The molecular weight excluding hydrogens is 240 g/mol. The third-order valence-corrected chi connectivity index (χ3v) is 2.53. The minimum Gasteiger partial charge on any atom is -0.385 e. The molecule has 0 spiro atoms. The van der Waals surface area contributed by atoms with Crippen LogP contribution in [0, 0.1) is 0 Å². The van der Waals surface area contributed by atoms with E-state index in [4.69, 9.17) is 16.3 Å². The van der Waals surface area contributed by atoms with E-state index >= 15 is 0 Å². The Morgan fingerprint density at radius 1 is 1.53 bits per heavy atom. The smallest absolute Gasteiger partial charge is 0.224 e. The Morgan fingerprint density at radius 3 is 2.94 bits per heavy atom. The quantitative estimate of drug-likeness (QED) is 0.759. The first-order valence-corrected chi connectivity index (χ1v) is 6.03. The Bertz CT molecular complexity index is 348. The lowest BCUT2D eigenvalue weighted by molar-refractivity contribution is 0.196. The normalized spacial score (nSPS) is 10.4. The summed E-state index contributed by atoms with van der Waals surface area (Å²) < 4.78 is 5.02. The number of halogens is 1. The lowest BCUT2D eigenvalue weighted by atomic mass is 10.4. The third kappa shape index (κ3) is 4.36. The van der Waals surface area contributed by atoms with Crippen LogP contribution in [-0.2, 0) is 4.74 Å². The number of hydrogen-bond acceptors (Lipinski definition) is 5. The van der Waals surface area contributed by atoms with Gasteiger partial charge >= 0.3 is 0 Å². The molecular formula is C11H19ClN4O. The van der Waals surface area contributed by atoms with Crippen LogP contribution in [0.25, 0.3) is 0 Å². The largest absolute Gasteiger partial charge is 0.385 e. The lowest BCUT2D eigenvalue weighted by Gasteiger charge is -2.19. The topological polar surface area (TPSA) is 50.3 Å². The zero-order valence-corrected chi connectivity index (χ0v) is 11.3. The van der Waals surface area contributed by atoms with Gasteiger partial charge in [-0.15, -0.1) is 0 Å². The molecule has 0 saturated heterocycles. The first kappa shape index (κ1) is 14.0. The summed E-state index contributed by atoms with van der Waals surface area (Å²) >= 11 is 6.08. The van der Waals surface area contributed by atoms with Crippen molar-refractivity contribution in [2.45, 2.75) is 13.3 Å². The summed E-state index contributed by atoms with van der Waals surface area (Å²) in [7, 11) is 3.65.